The Morgan fingerprint density at radius 3 is 0.667 bits per heavy atom. The molecule has 0 aliphatic rings. The van der Waals surface area contributed by atoms with E-state index >= 15 is 0 Å². The number of hydrogen-bond donors (Lipinski definition) is 0. The molecule has 0 saturated heterocycles. The summed E-state index contributed by atoms with van der Waals surface area (Å²) in [4.78, 5) is 0. The van der Waals surface area contributed by atoms with Crippen molar-refractivity contribution in [3.05, 3.63) is 0 Å². The van der Waals surface area contributed by atoms with Gasteiger partial charge in [0, 0.05) is 42.1 Å². The van der Waals surface area contributed by atoms with Crippen LogP contribution in [0.2, 0.25) is 0 Å². The van der Waals surface area contributed by atoms with Crippen molar-refractivity contribution in [2.75, 3.05) is 0 Å². The third-order valence-corrected chi connectivity index (χ3v) is 0. The van der Waals surface area contributed by atoms with Crippen molar-refractivity contribution in [2.45, 2.75) is 0 Å². The molecule has 0 aromatic carbocycles. The summed E-state index contributed by atoms with van der Waals surface area (Å²) in [6.45, 7) is 0. The summed E-state index contributed by atoms with van der Waals surface area (Å²) in [6, 6.07) is 0. The predicted octanol–water partition coefficient (Wildman–Crippen LogP) is 1.82. The average Bonchev–Trinajstić information content (AvgIpc) is 2.20. The van der Waals surface area contributed by atoms with Crippen molar-refractivity contribution in [1.29, 1.82) is 0 Å². The van der Waals surface area contributed by atoms with Gasteiger partial charge in [-0.15, -0.1) is 0 Å². The van der Waals surface area contributed by atoms with Gasteiger partial charge in [0.2, 0.25) is 0 Å². The van der Waals surface area contributed by atoms with Gasteiger partial charge in [0.25, 0.3) is 0 Å². The Morgan fingerprint density at radius 2 is 0.667 bits per heavy atom. The van der Waals surface area contributed by atoms with Gasteiger partial charge in [-0.25, -0.2) is 0 Å². The molecule has 0 atom stereocenters. The second-order valence-corrected chi connectivity index (χ2v) is 0. The summed E-state index contributed by atoms with van der Waals surface area (Å²) in [7, 11) is 16.8. The second kappa shape index (κ2) is 125. The predicted molar refractivity (Wildman–Crippen MR) is 56.6 cm³/mol. The first kappa shape index (κ1) is 43.1. The van der Waals surface area contributed by atoms with Gasteiger partial charge in [0.1, 0.15) is 0 Å². The Morgan fingerprint density at radius 1 is 0.667 bits per heavy atom. The molecule has 0 saturated carbocycles. The van der Waals surface area contributed by atoms with Crippen LogP contribution in [0.25, 0.3) is 0 Å². The van der Waals surface area contributed by atoms with E-state index in [2.05, 4.69) is 62.1 Å². The van der Waals surface area contributed by atoms with Gasteiger partial charge >= 0.3 is 113 Å². The molecule has 0 fully saturated rings. The standard InChI is InChI=1S/2Mo.S2.4S.2Sn.2Zn/c;;1-2;;;;;;;;/q;;-2;;;;;;;;. The van der Waals surface area contributed by atoms with Crippen LogP contribution in [0.5, 0.6) is 0 Å². The third kappa shape index (κ3) is 103. The Hall–Kier alpha value is 5.80. The van der Waals surface area contributed by atoms with E-state index in [1.807, 2.05) is 0 Å². The summed E-state index contributed by atoms with van der Waals surface area (Å²) in [5.74, 6) is 0. The molecule has 0 spiro atoms. The molecule has 4 radical (unpaired) electrons. The topological polar surface area (TPSA) is 0 Å². The van der Waals surface area contributed by atoms with E-state index in [0.717, 1.165) is 74.3 Å². The van der Waals surface area contributed by atoms with E-state index in [-0.39, 0.29) is 42.1 Å². The second-order valence-electron chi connectivity index (χ2n) is 0. The van der Waals surface area contributed by atoms with Gasteiger partial charge in [-0.05, 0) is 0 Å². The molecule has 12 heavy (non-hydrogen) atoms. The van der Waals surface area contributed by atoms with Crippen LogP contribution in [0.1, 0.15) is 0 Å². The van der Waals surface area contributed by atoms with Crippen molar-refractivity contribution in [3.8, 4) is 0 Å². The van der Waals surface area contributed by atoms with E-state index in [0.29, 0.717) is 0 Å². The number of rotatable bonds is 0. The molecule has 0 unspecified atom stereocenters. The Bertz CT molecular complexity index is 29.5. The fourth-order valence-electron chi connectivity index (χ4n) is 0. The van der Waals surface area contributed by atoms with Crippen molar-refractivity contribution >= 4 is 103 Å². The van der Waals surface area contributed by atoms with Gasteiger partial charge < -0.3 is 23.3 Å². The van der Waals surface area contributed by atoms with Crippen molar-refractivity contribution in [3.63, 3.8) is 0 Å². The van der Waals surface area contributed by atoms with Crippen molar-refractivity contribution < 1.29 is 75.2 Å². The van der Waals surface area contributed by atoms with Crippen LogP contribution in [0, 0.1) is 0 Å². The van der Waals surface area contributed by atoms with Crippen LogP contribution >= 0.6 is 38.8 Å². The first-order chi connectivity index (χ1) is 5.00. The molecule has 62 valence electrons. The van der Waals surface area contributed by atoms with Gasteiger partial charge in [0.15, 0.2) is 0 Å². The van der Waals surface area contributed by atoms with Gasteiger partial charge in [-0.2, -0.15) is 0 Å². The molecule has 0 aliphatic carbocycles. The molecule has 0 amide bonds. The van der Waals surface area contributed by atoms with E-state index < -0.39 is 0 Å². The monoisotopic (exact) mass is 755 g/mol. The van der Waals surface area contributed by atoms with Crippen LogP contribution in [-0.2, 0) is 98.6 Å². The molecule has 12 heteroatoms. The molecular weight excluding hydrogens is 752 g/mol. The molecule has 0 aromatic rings. The normalized spacial score (nSPS) is 2.17. The molecule has 0 aliphatic heterocycles. The minimum absolute atomic E-state index is 0. The van der Waals surface area contributed by atoms with Crippen LogP contribution < -0.4 is 0 Å². The zero-order chi connectivity index (χ0) is 10.0. The fourth-order valence-corrected chi connectivity index (χ4v) is 0. The summed E-state index contributed by atoms with van der Waals surface area (Å²) in [6.07, 6.45) is 0. The molecule has 0 N–H and O–H groups in total. The summed E-state index contributed by atoms with van der Waals surface area (Å²) >= 11 is 11.5. The Kier molecular flexibility index (Phi) is 447. The van der Waals surface area contributed by atoms with Crippen LogP contribution in [0.4, 0.5) is 0 Å². The fraction of sp³-hybridized carbons (Fsp3) is 0. The molecule has 0 rings (SSSR count). The SMILES string of the molecule is [Mo].[Mo].[S-][S-].[S]=[Sn].[S]=[Sn].[S]=[Zn].[S]=[Zn]. The maximum absolute atomic E-state index is 4.21. The quantitative estimate of drug-likeness (QED) is 0.209. The molecule has 0 bridgehead atoms. The first-order valence-corrected chi connectivity index (χ1v) is 18.7. The van der Waals surface area contributed by atoms with E-state index in [1.165, 1.54) is 0 Å². The average molecular weight is 752 g/mol. The van der Waals surface area contributed by atoms with Crippen LogP contribution in [0.3, 0.4) is 0 Å². The van der Waals surface area contributed by atoms with Crippen molar-refractivity contribution in [2.24, 2.45) is 0 Å². The molecule has 0 heterocycles. The van der Waals surface area contributed by atoms with Crippen molar-refractivity contribution in [1.82, 2.24) is 0 Å². The van der Waals surface area contributed by atoms with E-state index in [1.54, 1.807) is 0 Å². The molecular formula is Mo2S6Sn2Zn2-2. The summed E-state index contributed by atoms with van der Waals surface area (Å²) in [5.41, 5.74) is 0. The van der Waals surface area contributed by atoms with E-state index in [9.17, 15) is 0 Å². The zero-order valence-corrected chi connectivity index (χ0v) is 26.2. The van der Waals surface area contributed by atoms with E-state index in [4.69, 9.17) is 0 Å². The third-order valence-electron chi connectivity index (χ3n) is 0. The summed E-state index contributed by atoms with van der Waals surface area (Å²) < 4.78 is 0. The minimum atomic E-state index is 0. The molecule has 0 nitrogen and oxygen atoms in total. The van der Waals surface area contributed by atoms with Gasteiger partial charge in [-0.1, -0.05) is 0 Å². The Balaban J connectivity index is -0.00000000500. The van der Waals surface area contributed by atoms with Crippen LogP contribution in [0.15, 0.2) is 0 Å². The van der Waals surface area contributed by atoms with Gasteiger partial charge in [0.05, 0.1) is 0 Å². The zero-order valence-electron chi connectivity index (χ0n) is 5.68. The van der Waals surface area contributed by atoms with Crippen LogP contribution in [-0.4, -0.2) is 41.2 Å². The summed E-state index contributed by atoms with van der Waals surface area (Å²) in [5, 5.41) is 0. The maximum atomic E-state index is 4.21. The van der Waals surface area contributed by atoms with Gasteiger partial charge in [-0.3, -0.25) is 0 Å². The number of hydrogen-bond acceptors (Lipinski definition) is 6. The molecule has 0 aromatic heterocycles. The first-order valence-electron chi connectivity index (χ1n) is 1.15. The Labute approximate surface area is 174 Å².